The van der Waals surface area contributed by atoms with Gasteiger partial charge in [0.25, 0.3) is 0 Å². The Morgan fingerprint density at radius 2 is 1.50 bits per heavy atom. The molecule has 0 aliphatic rings. The highest BCUT2D eigenvalue weighted by molar-refractivity contribution is 5.94. The number of carbonyl (C=O) groups is 5. The maximum Gasteiger partial charge on any atom is 0.326 e. The maximum absolute atomic E-state index is 12.2. The topological polar surface area (TPSA) is 240 Å². The number of primary amides is 1. The van der Waals surface area contributed by atoms with Crippen LogP contribution in [-0.2, 0) is 24.0 Å². The number of carboxylic acid groups (broad SMARTS) is 1. The minimum Gasteiger partial charge on any atom is -0.480 e. The molecule has 4 amide bonds. The first kappa shape index (κ1) is 27.2. The van der Waals surface area contributed by atoms with Crippen molar-refractivity contribution in [2.75, 3.05) is 13.2 Å². The third kappa shape index (κ3) is 10.7. The molecule has 0 saturated heterocycles. The van der Waals surface area contributed by atoms with Crippen LogP contribution in [0.15, 0.2) is 0 Å². The van der Waals surface area contributed by atoms with E-state index in [2.05, 4.69) is 16.0 Å². The molecule has 0 spiro atoms. The van der Waals surface area contributed by atoms with Crippen molar-refractivity contribution >= 4 is 29.6 Å². The molecule has 0 fully saturated rings. The summed E-state index contributed by atoms with van der Waals surface area (Å²) < 4.78 is 0. The zero-order chi connectivity index (χ0) is 23.3. The molecule has 0 aliphatic heterocycles. The van der Waals surface area contributed by atoms with Crippen LogP contribution in [0.4, 0.5) is 0 Å². The number of aliphatic hydroxyl groups excluding tert-OH is 1. The highest BCUT2D eigenvalue weighted by Crippen LogP contribution is 2.00. The van der Waals surface area contributed by atoms with Gasteiger partial charge >= 0.3 is 5.97 Å². The smallest absolute Gasteiger partial charge is 0.326 e. The molecule has 0 aromatic rings. The molecule has 0 aliphatic carbocycles. The van der Waals surface area contributed by atoms with Gasteiger partial charge in [-0.3, -0.25) is 19.2 Å². The van der Waals surface area contributed by atoms with Gasteiger partial charge in [0, 0.05) is 6.42 Å². The van der Waals surface area contributed by atoms with Crippen LogP contribution in [0.25, 0.3) is 0 Å². The zero-order valence-corrected chi connectivity index (χ0v) is 16.9. The molecule has 13 nitrogen and oxygen atoms in total. The van der Waals surface area contributed by atoms with Gasteiger partial charge in [-0.05, 0) is 32.7 Å². The van der Waals surface area contributed by atoms with E-state index in [4.69, 9.17) is 22.3 Å². The molecule has 11 N–H and O–H groups in total. The lowest BCUT2D eigenvalue weighted by atomic mass is 10.1. The lowest BCUT2D eigenvalue weighted by molar-refractivity contribution is -0.142. The van der Waals surface area contributed by atoms with Gasteiger partial charge in [0.1, 0.15) is 18.1 Å². The van der Waals surface area contributed by atoms with Crippen molar-refractivity contribution in [1.29, 1.82) is 0 Å². The summed E-state index contributed by atoms with van der Waals surface area (Å²) in [6, 6.07) is -4.79. The predicted molar refractivity (Wildman–Crippen MR) is 105 cm³/mol. The van der Waals surface area contributed by atoms with Gasteiger partial charge in [0.15, 0.2) is 0 Å². The highest BCUT2D eigenvalue weighted by atomic mass is 16.4. The summed E-state index contributed by atoms with van der Waals surface area (Å²) in [5, 5.41) is 25.2. The van der Waals surface area contributed by atoms with E-state index in [9.17, 15) is 29.1 Å². The quantitative estimate of drug-likeness (QED) is 0.118. The van der Waals surface area contributed by atoms with Crippen LogP contribution in [0, 0.1) is 0 Å². The predicted octanol–water partition coefficient (Wildman–Crippen LogP) is -3.74. The van der Waals surface area contributed by atoms with Crippen molar-refractivity contribution < 1.29 is 34.2 Å². The molecule has 0 radical (unpaired) electrons. The molecule has 0 bridgehead atoms. The normalized spacial score (nSPS) is 14.7. The highest BCUT2D eigenvalue weighted by Gasteiger charge is 2.28. The summed E-state index contributed by atoms with van der Waals surface area (Å²) in [4.78, 5) is 58.4. The van der Waals surface area contributed by atoms with Crippen LogP contribution in [-0.4, -0.2) is 77.1 Å². The molecule has 0 aromatic carbocycles. The number of rotatable bonds is 15. The minimum absolute atomic E-state index is 0.214. The Kier molecular flexibility index (Phi) is 12.9. The van der Waals surface area contributed by atoms with Gasteiger partial charge in [0.2, 0.25) is 23.6 Å². The number of amides is 4. The van der Waals surface area contributed by atoms with Gasteiger partial charge in [0.05, 0.1) is 12.6 Å². The molecule has 172 valence electrons. The zero-order valence-electron chi connectivity index (χ0n) is 16.9. The van der Waals surface area contributed by atoms with Gasteiger partial charge in [-0.2, -0.15) is 0 Å². The van der Waals surface area contributed by atoms with E-state index in [-0.39, 0.29) is 12.8 Å². The van der Waals surface area contributed by atoms with E-state index < -0.39 is 60.4 Å². The number of aliphatic carboxylic acids is 1. The number of unbranched alkanes of at least 4 members (excludes halogenated alkanes) is 1. The van der Waals surface area contributed by atoms with E-state index in [1.807, 2.05) is 0 Å². The lowest BCUT2D eigenvalue weighted by Gasteiger charge is -2.22. The van der Waals surface area contributed by atoms with Crippen molar-refractivity contribution in [2.24, 2.45) is 17.2 Å². The number of nitrogens with one attached hydrogen (secondary N) is 3. The van der Waals surface area contributed by atoms with Crippen molar-refractivity contribution in [2.45, 2.75) is 63.2 Å². The Hall–Kier alpha value is -2.77. The fraction of sp³-hybridized carbons (Fsp3) is 0.706. The standard InChI is InChI=1S/C17H32N6O7/c1-9(14(26)22-11(17(29)30)5-6-13(20)25)21-16(28)12(8-24)23-15(27)10(19)4-2-3-7-18/h9-12,24H,2-8,18-19H2,1H3,(H2,20,25)(H,21,28)(H,22,26)(H,23,27)(H,29,30). The Labute approximate surface area is 174 Å². The number of carbonyl (C=O) groups excluding carboxylic acids is 4. The van der Waals surface area contributed by atoms with Gasteiger partial charge in [-0.25, -0.2) is 4.79 Å². The summed E-state index contributed by atoms with van der Waals surface area (Å²) in [6.45, 7) is 1.01. The Morgan fingerprint density at radius 3 is 2.00 bits per heavy atom. The number of aliphatic hydroxyl groups is 1. The molecule has 4 unspecified atom stereocenters. The largest absolute Gasteiger partial charge is 0.480 e. The molecule has 0 aromatic heterocycles. The first-order valence-electron chi connectivity index (χ1n) is 9.52. The summed E-state index contributed by atoms with van der Waals surface area (Å²) in [7, 11) is 0. The Bertz CT molecular complexity index is 615. The Morgan fingerprint density at radius 1 is 0.900 bits per heavy atom. The average molecular weight is 432 g/mol. The number of hydrogen-bond acceptors (Lipinski definition) is 8. The second-order valence-corrected chi connectivity index (χ2v) is 6.77. The molecule has 0 saturated carbocycles. The third-order valence-electron chi connectivity index (χ3n) is 4.17. The van der Waals surface area contributed by atoms with Gasteiger partial charge in [-0.1, -0.05) is 6.42 Å². The molecular formula is C17H32N6O7. The SMILES string of the molecule is CC(NC(=O)C(CO)NC(=O)C(N)CCCCN)C(=O)NC(CCC(N)=O)C(=O)O. The summed E-state index contributed by atoms with van der Waals surface area (Å²) >= 11 is 0. The summed E-state index contributed by atoms with van der Waals surface area (Å²) in [5.74, 6) is -4.42. The average Bonchev–Trinajstić information content (AvgIpc) is 2.68. The first-order chi connectivity index (χ1) is 14.0. The lowest BCUT2D eigenvalue weighted by Crippen LogP contribution is -2.57. The van der Waals surface area contributed by atoms with Crippen LogP contribution in [0.1, 0.15) is 39.0 Å². The van der Waals surface area contributed by atoms with Crippen LogP contribution < -0.4 is 33.2 Å². The van der Waals surface area contributed by atoms with Crippen molar-refractivity contribution in [3.8, 4) is 0 Å². The third-order valence-corrected chi connectivity index (χ3v) is 4.17. The van der Waals surface area contributed by atoms with Crippen molar-refractivity contribution in [3.63, 3.8) is 0 Å². The van der Waals surface area contributed by atoms with E-state index in [0.717, 1.165) is 0 Å². The fourth-order valence-corrected chi connectivity index (χ4v) is 2.33. The Balaban J connectivity index is 4.74. The van der Waals surface area contributed by atoms with Crippen LogP contribution in [0.5, 0.6) is 0 Å². The second-order valence-electron chi connectivity index (χ2n) is 6.77. The van der Waals surface area contributed by atoms with Crippen LogP contribution in [0.3, 0.4) is 0 Å². The summed E-state index contributed by atoms with van der Waals surface area (Å²) in [5.41, 5.74) is 16.1. The van der Waals surface area contributed by atoms with Crippen LogP contribution >= 0.6 is 0 Å². The van der Waals surface area contributed by atoms with Crippen molar-refractivity contribution in [1.82, 2.24) is 16.0 Å². The first-order valence-corrected chi connectivity index (χ1v) is 9.52. The second kappa shape index (κ2) is 14.3. The summed E-state index contributed by atoms with van der Waals surface area (Å²) in [6.07, 6.45) is 1.20. The van der Waals surface area contributed by atoms with Crippen molar-refractivity contribution in [3.05, 3.63) is 0 Å². The molecule has 30 heavy (non-hydrogen) atoms. The molecular weight excluding hydrogens is 400 g/mol. The minimum atomic E-state index is -1.37. The number of nitrogens with two attached hydrogens (primary N) is 3. The molecule has 0 heterocycles. The van der Waals surface area contributed by atoms with Gasteiger partial charge < -0.3 is 43.4 Å². The van der Waals surface area contributed by atoms with E-state index >= 15 is 0 Å². The van der Waals surface area contributed by atoms with E-state index in [1.54, 1.807) is 0 Å². The van der Waals surface area contributed by atoms with E-state index in [0.29, 0.717) is 25.8 Å². The fourth-order valence-electron chi connectivity index (χ4n) is 2.33. The van der Waals surface area contributed by atoms with Gasteiger partial charge in [-0.15, -0.1) is 0 Å². The molecule has 13 heteroatoms. The number of carboxylic acids is 1. The maximum atomic E-state index is 12.2. The monoisotopic (exact) mass is 432 g/mol. The molecule has 0 rings (SSSR count). The number of hydrogen-bond donors (Lipinski definition) is 8. The molecule has 4 atom stereocenters. The van der Waals surface area contributed by atoms with Crippen LogP contribution in [0.2, 0.25) is 0 Å². The van der Waals surface area contributed by atoms with E-state index in [1.165, 1.54) is 6.92 Å².